The summed E-state index contributed by atoms with van der Waals surface area (Å²) in [5, 5.41) is 4.64. The number of cyclic esters (lactones) is 1. The molecule has 1 unspecified atom stereocenters. The lowest BCUT2D eigenvalue weighted by atomic mass is 9.84. The van der Waals surface area contributed by atoms with Crippen LogP contribution in [0.4, 0.5) is 23.7 Å². The Morgan fingerprint density at radius 1 is 1.09 bits per heavy atom. The fourth-order valence-electron chi connectivity index (χ4n) is 11.6. The Labute approximate surface area is 446 Å². The molecule has 5 fully saturated rings. The van der Waals surface area contributed by atoms with Crippen molar-refractivity contribution in [1.29, 1.82) is 0 Å². The predicted octanol–water partition coefficient (Wildman–Crippen LogP) is 6.72. The number of methoxy groups -OCH3 is 1. The van der Waals surface area contributed by atoms with E-state index in [2.05, 4.69) is 34.1 Å². The molecule has 4 aromatic rings. The van der Waals surface area contributed by atoms with Crippen molar-refractivity contribution in [3.63, 3.8) is 0 Å². The van der Waals surface area contributed by atoms with E-state index in [4.69, 9.17) is 24.2 Å². The molecule has 6 aliphatic heterocycles. The van der Waals surface area contributed by atoms with Crippen LogP contribution in [0.25, 0.3) is 33.4 Å². The summed E-state index contributed by atoms with van der Waals surface area (Å²) in [7, 11) is 4.14. The highest BCUT2D eigenvalue weighted by molar-refractivity contribution is 7.99. The second-order valence-electron chi connectivity index (χ2n) is 21.7. The number of hydrazine groups is 1. The van der Waals surface area contributed by atoms with Crippen molar-refractivity contribution in [2.24, 2.45) is 5.41 Å². The molecule has 1 aromatic carbocycles. The number of fused-ring (bicyclic) bond motifs is 7. The molecule has 6 aliphatic rings. The molecule has 3 aromatic heterocycles. The lowest BCUT2D eigenvalue weighted by molar-refractivity contribution is -0.157. The molecule has 400 valence electrons. The second-order valence-corrected chi connectivity index (χ2v) is 26.3. The van der Waals surface area contributed by atoms with Crippen molar-refractivity contribution in [3.05, 3.63) is 52.1 Å². The maximum atomic E-state index is 15.3. The van der Waals surface area contributed by atoms with Gasteiger partial charge in [-0.2, -0.15) is 13.2 Å². The summed E-state index contributed by atoms with van der Waals surface area (Å²) in [4.78, 5) is 62.4. The molecule has 2 radical (unpaired) electrons. The fourth-order valence-corrected chi connectivity index (χ4v) is 15.4. The second kappa shape index (κ2) is 20.8. The molecule has 6 atom stereocenters. The van der Waals surface area contributed by atoms with E-state index in [9.17, 15) is 9.59 Å². The average Bonchev–Trinajstić information content (AvgIpc) is 3.92. The summed E-state index contributed by atoms with van der Waals surface area (Å²) in [5.74, 6) is -0.530. The Hall–Kier alpha value is -3.94. The van der Waals surface area contributed by atoms with E-state index in [1.807, 2.05) is 68.6 Å². The van der Waals surface area contributed by atoms with E-state index in [1.165, 1.54) is 44.6 Å². The summed E-state index contributed by atoms with van der Waals surface area (Å²) < 4.78 is 67.1. The number of esters is 1. The van der Waals surface area contributed by atoms with E-state index >= 15 is 18.0 Å². The first kappa shape index (κ1) is 53.5. The third-order valence-electron chi connectivity index (χ3n) is 15.7. The van der Waals surface area contributed by atoms with Gasteiger partial charge < -0.3 is 33.5 Å². The Bertz CT molecular complexity index is 2780. The number of carbonyl (C=O) groups is 3. The van der Waals surface area contributed by atoms with E-state index in [-0.39, 0.29) is 49.1 Å². The van der Waals surface area contributed by atoms with Gasteiger partial charge in [-0.3, -0.25) is 28.8 Å². The predicted molar refractivity (Wildman–Crippen MR) is 285 cm³/mol. The number of halogens is 3. The van der Waals surface area contributed by atoms with Crippen LogP contribution in [0.15, 0.2) is 35.8 Å². The van der Waals surface area contributed by atoms with Gasteiger partial charge in [-0.25, -0.2) is 15.2 Å². The van der Waals surface area contributed by atoms with Gasteiger partial charge in [-0.05, 0) is 95.2 Å². The van der Waals surface area contributed by atoms with Gasteiger partial charge in [-0.15, -0.1) is 23.1 Å². The van der Waals surface area contributed by atoms with Gasteiger partial charge in [0.05, 0.1) is 69.4 Å². The lowest BCUT2D eigenvalue weighted by Crippen LogP contribution is -2.73. The number of thiazole rings is 1. The third kappa shape index (κ3) is 10.2. The number of urea groups is 1. The Morgan fingerprint density at radius 3 is 2.65 bits per heavy atom. The zero-order valence-corrected chi connectivity index (χ0v) is 46.9. The van der Waals surface area contributed by atoms with E-state index < -0.39 is 40.6 Å². The summed E-state index contributed by atoms with van der Waals surface area (Å²) in [5.41, 5.74) is 5.48. The smallest absolute Gasteiger partial charge is 0.406 e. The molecule has 5 saturated heterocycles. The minimum Gasteiger partial charge on any atom is -0.464 e. The Balaban J connectivity index is 1.13. The SMILES string of the molecule is CO[C@](C)(SC)c1ncc(N2CCN3CCOC[C@@H]3C2)cc1-c1c2c3cc(ccc3n1CC(F)(F)F)-c1csc(n1)CC1(CSN1C(=O)N1[C@@H](C)CN(C)C[Si][C@@H]1C)C(=O)N1CCC[C@H](N1)C(=O)OCC(C)(C)C2. The van der Waals surface area contributed by atoms with Crippen molar-refractivity contribution >= 4 is 79.1 Å². The molecule has 1 N–H and O–H groups in total. The molecule has 9 heterocycles. The van der Waals surface area contributed by atoms with Crippen molar-refractivity contribution in [2.75, 3.05) is 96.3 Å². The van der Waals surface area contributed by atoms with Crippen molar-refractivity contribution in [1.82, 2.24) is 44.0 Å². The van der Waals surface area contributed by atoms with Gasteiger partial charge in [0.1, 0.15) is 12.6 Å². The topological polar surface area (TPSA) is 141 Å². The number of thioether (sulfide) groups is 1. The van der Waals surface area contributed by atoms with Gasteiger partial charge in [0, 0.05) is 103 Å². The summed E-state index contributed by atoms with van der Waals surface area (Å²) in [6.45, 7) is 13.9. The first-order chi connectivity index (χ1) is 35.2. The number of carbonyl (C=O) groups excluding carboxylic acids is 3. The minimum atomic E-state index is -4.62. The van der Waals surface area contributed by atoms with Gasteiger partial charge in [-0.1, -0.05) is 19.9 Å². The van der Waals surface area contributed by atoms with Crippen LogP contribution in [0.1, 0.15) is 63.7 Å². The summed E-state index contributed by atoms with van der Waals surface area (Å²) >= 11 is 4.12. The number of morpholine rings is 1. The van der Waals surface area contributed by atoms with E-state index in [0.29, 0.717) is 117 Å². The van der Waals surface area contributed by atoms with Crippen LogP contribution < -0.4 is 10.3 Å². The molecule has 6 bridgehead atoms. The van der Waals surface area contributed by atoms with Gasteiger partial charge in [0.2, 0.25) is 0 Å². The van der Waals surface area contributed by atoms with Crippen molar-refractivity contribution in [2.45, 2.75) is 107 Å². The fraction of sp³-hybridized carbons (Fsp3) is 0.627. The van der Waals surface area contributed by atoms with Gasteiger partial charge >= 0.3 is 18.2 Å². The van der Waals surface area contributed by atoms with Crippen molar-refractivity contribution in [3.8, 4) is 22.5 Å². The number of nitrogens with one attached hydrogen (secondary N) is 1. The maximum Gasteiger partial charge on any atom is 0.406 e. The zero-order chi connectivity index (χ0) is 52.5. The van der Waals surface area contributed by atoms with Crippen LogP contribution in [-0.4, -0.2) is 193 Å². The number of pyridine rings is 1. The molecule has 1 spiro atoms. The normalized spacial score (nSPS) is 27.3. The number of hydrogen-bond donors (Lipinski definition) is 1. The minimum absolute atomic E-state index is 0.0425. The molecule has 74 heavy (non-hydrogen) atoms. The quantitative estimate of drug-likeness (QED) is 0.0946. The van der Waals surface area contributed by atoms with E-state index in [0.717, 1.165) is 24.9 Å². The zero-order valence-electron chi connectivity index (χ0n) is 43.4. The first-order valence-corrected chi connectivity index (χ1v) is 29.8. The molecule has 16 nitrogen and oxygen atoms in total. The first-order valence-electron chi connectivity index (χ1n) is 25.5. The average molecular weight is 1100 g/mol. The third-order valence-corrected chi connectivity index (χ3v) is 20.6. The van der Waals surface area contributed by atoms with Gasteiger partial charge in [0.15, 0.2) is 10.5 Å². The van der Waals surface area contributed by atoms with Crippen LogP contribution in [-0.2, 0) is 48.1 Å². The molecular formula is C51H67F3N10O6S3Si. The van der Waals surface area contributed by atoms with E-state index in [1.54, 1.807) is 17.5 Å². The number of alkyl halides is 3. The number of likely N-dealkylation sites (N-methyl/N-ethyl adjacent to an activating group) is 1. The molecule has 0 saturated carbocycles. The molecule has 23 heteroatoms. The highest BCUT2D eigenvalue weighted by Gasteiger charge is 2.59. The standard InChI is InChI=1S/C51H67F3N10O6S3Si/c1-31-23-58(6)30-74-32(2)63(31)47(67)64-50(29-73-64)21-42-56-40(26-72-42)33-11-12-41-36(18-33)38(20-48(3,4)28-70-45(65)39-10-9-13-62(57-39)46(50)66)43(61(41)27-51(52,53)54)37-19-34(22-55-44(37)49(5,68-7)71-8)60-15-14-59-16-17-69-25-35(59)24-60/h11-12,18-19,22,26,31-32,35,39,57H,9-10,13-17,20-21,23-25,27-30H2,1-8H3/t31-,32+,35-,39-,49+,50?/m0/s1. The number of piperazine rings is 1. The van der Waals surface area contributed by atoms with Crippen LogP contribution in [0.2, 0.25) is 0 Å². The number of ether oxygens (including phenoxy) is 3. The largest absolute Gasteiger partial charge is 0.464 e. The number of anilines is 1. The van der Waals surface area contributed by atoms with Crippen LogP contribution in [0.5, 0.6) is 0 Å². The van der Waals surface area contributed by atoms with Crippen LogP contribution >= 0.6 is 35.0 Å². The van der Waals surface area contributed by atoms with Crippen molar-refractivity contribution < 1.29 is 41.8 Å². The number of nitrogens with zero attached hydrogens (tertiary/aromatic N) is 9. The lowest BCUT2D eigenvalue weighted by Gasteiger charge is -2.53. The maximum absolute atomic E-state index is 15.3. The Morgan fingerprint density at radius 2 is 1.91 bits per heavy atom. The molecule has 10 rings (SSSR count). The summed E-state index contributed by atoms with van der Waals surface area (Å²) in [6.07, 6.45) is 1.23. The van der Waals surface area contributed by atoms with Crippen LogP contribution in [0.3, 0.4) is 0 Å². The molecular weight excluding hydrogens is 1030 g/mol. The monoisotopic (exact) mass is 1100 g/mol. The van der Waals surface area contributed by atoms with Gasteiger partial charge in [0.25, 0.3) is 5.91 Å². The number of aromatic nitrogens is 3. The highest BCUT2D eigenvalue weighted by Crippen LogP contribution is 2.48. The number of benzene rings is 1. The highest BCUT2D eigenvalue weighted by atomic mass is 32.2. The number of rotatable bonds is 6. The molecule has 3 amide bonds. The number of hydrogen-bond acceptors (Lipinski definition) is 15. The number of amides is 3. The van der Waals surface area contributed by atoms with Crippen LogP contribution in [0, 0.1) is 5.41 Å². The Kier molecular flexibility index (Phi) is 15.0. The molecule has 0 aliphatic carbocycles. The summed E-state index contributed by atoms with van der Waals surface area (Å²) in [6, 6.07) is 6.44.